The van der Waals surface area contributed by atoms with Gasteiger partial charge in [0.05, 0.1) is 23.9 Å². The van der Waals surface area contributed by atoms with Gasteiger partial charge in [-0.15, -0.1) is 0 Å². The fourth-order valence-corrected chi connectivity index (χ4v) is 3.86. The van der Waals surface area contributed by atoms with Crippen molar-refractivity contribution in [2.45, 2.75) is 26.0 Å². The van der Waals surface area contributed by atoms with Crippen molar-refractivity contribution in [3.05, 3.63) is 77.0 Å². The van der Waals surface area contributed by atoms with Gasteiger partial charge < -0.3 is 25.0 Å². The highest BCUT2D eigenvalue weighted by Gasteiger charge is 2.40. The van der Waals surface area contributed by atoms with Gasteiger partial charge >= 0.3 is 6.03 Å². The minimum atomic E-state index is -0.476. The maximum Gasteiger partial charge on any atom is 0.319 e. The molecule has 0 spiro atoms. The fourth-order valence-electron chi connectivity index (χ4n) is 3.86. The minimum absolute atomic E-state index is 0.0478. The summed E-state index contributed by atoms with van der Waals surface area (Å²) in [5.41, 5.74) is 3.22. The maximum atomic E-state index is 13.0. The number of rotatable bonds is 9. The number of carbonyl (C=O) groups is 2. The lowest BCUT2D eigenvalue weighted by molar-refractivity contribution is -0.126. The lowest BCUT2D eigenvalue weighted by Crippen LogP contribution is -2.44. The van der Waals surface area contributed by atoms with Crippen LogP contribution in [0.5, 0.6) is 5.75 Å². The van der Waals surface area contributed by atoms with Crippen molar-refractivity contribution >= 4 is 11.9 Å². The van der Waals surface area contributed by atoms with E-state index >= 15 is 0 Å². The summed E-state index contributed by atoms with van der Waals surface area (Å²) in [6.45, 7) is 4.72. The number of amides is 3. The summed E-state index contributed by atoms with van der Waals surface area (Å²) in [5, 5.41) is 5.69. The Morgan fingerprint density at radius 3 is 2.58 bits per heavy atom. The van der Waals surface area contributed by atoms with E-state index in [-0.39, 0.29) is 11.9 Å². The minimum Gasteiger partial charge on any atom is -0.489 e. The molecule has 31 heavy (non-hydrogen) atoms. The summed E-state index contributed by atoms with van der Waals surface area (Å²) in [6.07, 6.45) is 0.764. The molecule has 2 aliphatic rings. The average molecular weight is 421 g/mol. The van der Waals surface area contributed by atoms with Crippen LogP contribution in [0.2, 0.25) is 0 Å². The van der Waals surface area contributed by atoms with E-state index in [0.717, 1.165) is 23.3 Å². The Morgan fingerprint density at radius 1 is 1.06 bits per heavy atom. The molecule has 1 atom stereocenters. The molecule has 2 aromatic carbocycles. The molecule has 0 bridgehead atoms. The number of benzene rings is 2. The van der Waals surface area contributed by atoms with E-state index in [0.29, 0.717) is 44.2 Å². The number of hydrogen-bond acceptors (Lipinski definition) is 4. The SMILES string of the molecule is CCOCCCN1CC2=C(C1=O)C(c1ccc(OCc3ccccc3)cc1)NC(=O)N2. The van der Waals surface area contributed by atoms with Gasteiger partial charge in [0.2, 0.25) is 0 Å². The molecule has 7 nitrogen and oxygen atoms in total. The predicted molar refractivity (Wildman–Crippen MR) is 116 cm³/mol. The molecule has 0 saturated carbocycles. The van der Waals surface area contributed by atoms with E-state index < -0.39 is 6.04 Å². The van der Waals surface area contributed by atoms with Gasteiger partial charge in [-0.2, -0.15) is 0 Å². The van der Waals surface area contributed by atoms with Crippen LogP contribution in [-0.4, -0.2) is 43.1 Å². The topological polar surface area (TPSA) is 79.9 Å². The first-order valence-electron chi connectivity index (χ1n) is 10.6. The molecule has 7 heteroatoms. The van der Waals surface area contributed by atoms with Crippen LogP contribution in [0, 0.1) is 0 Å². The van der Waals surface area contributed by atoms with Gasteiger partial charge in [-0.25, -0.2) is 4.79 Å². The molecule has 0 saturated heterocycles. The van der Waals surface area contributed by atoms with Crippen LogP contribution in [0.15, 0.2) is 65.9 Å². The van der Waals surface area contributed by atoms with E-state index in [2.05, 4.69) is 10.6 Å². The first kappa shape index (κ1) is 20.9. The van der Waals surface area contributed by atoms with Crippen LogP contribution in [0.3, 0.4) is 0 Å². The molecule has 2 aromatic rings. The second kappa shape index (κ2) is 9.66. The van der Waals surface area contributed by atoms with Crippen LogP contribution in [-0.2, 0) is 16.1 Å². The summed E-state index contributed by atoms with van der Waals surface area (Å²) in [6, 6.07) is 16.7. The van der Waals surface area contributed by atoms with Gasteiger partial charge in [0, 0.05) is 19.8 Å². The van der Waals surface area contributed by atoms with Crippen molar-refractivity contribution in [3.63, 3.8) is 0 Å². The van der Waals surface area contributed by atoms with Crippen molar-refractivity contribution < 1.29 is 19.1 Å². The smallest absolute Gasteiger partial charge is 0.319 e. The summed E-state index contributed by atoms with van der Waals surface area (Å²) in [7, 11) is 0. The Labute approximate surface area is 182 Å². The van der Waals surface area contributed by atoms with Gasteiger partial charge in [-0.3, -0.25) is 4.79 Å². The van der Waals surface area contributed by atoms with Crippen LogP contribution in [0.25, 0.3) is 0 Å². The van der Waals surface area contributed by atoms with Gasteiger partial charge in [0.1, 0.15) is 12.4 Å². The summed E-state index contributed by atoms with van der Waals surface area (Å²) in [5.74, 6) is 0.686. The van der Waals surface area contributed by atoms with E-state index in [1.54, 1.807) is 4.90 Å². The molecule has 2 N–H and O–H groups in total. The van der Waals surface area contributed by atoms with Gasteiger partial charge in [-0.05, 0) is 36.6 Å². The van der Waals surface area contributed by atoms with E-state index in [4.69, 9.17) is 9.47 Å². The van der Waals surface area contributed by atoms with Crippen LogP contribution >= 0.6 is 0 Å². The molecule has 162 valence electrons. The molecule has 2 aliphatic heterocycles. The first-order valence-corrected chi connectivity index (χ1v) is 10.6. The lowest BCUT2D eigenvalue weighted by Gasteiger charge is -2.25. The third-order valence-electron chi connectivity index (χ3n) is 5.40. The first-order chi connectivity index (χ1) is 15.2. The van der Waals surface area contributed by atoms with Crippen LogP contribution < -0.4 is 15.4 Å². The molecule has 3 amide bonds. The molecule has 4 rings (SSSR count). The monoisotopic (exact) mass is 421 g/mol. The van der Waals surface area contributed by atoms with E-state index in [1.165, 1.54) is 0 Å². The quantitative estimate of drug-likeness (QED) is 0.610. The number of carbonyl (C=O) groups excluding carboxylic acids is 2. The Morgan fingerprint density at radius 2 is 1.84 bits per heavy atom. The third kappa shape index (κ3) is 4.88. The maximum absolute atomic E-state index is 13.0. The molecule has 0 aliphatic carbocycles. The van der Waals surface area contributed by atoms with Crippen molar-refractivity contribution in [3.8, 4) is 5.75 Å². The summed E-state index contributed by atoms with van der Waals surface area (Å²) in [4.78, 5) is 27.0. The summed E-state index contributed by atoms with van der Waals surface area (Å²) >= 11 is 0. The molecule has 0 radical (unpaired) electrons. The summed E-state index contributed by atoms with van der Waals surface area (Å²) < 4.78 is 11.2. The highest BCUT2D eigenvalue weighted by Crippen LogP contribution is 2.33. The number of ether oxygens (including phenoxy) is 2. The second-order valence-corrected chi connectivity index (χ2v) is 7.54. The number of urea groups is 1. The average Bonchev–Trinajstić information content (AvgIpc) is 3.11. The Balaban J connectivity index is 1.43. The highest BCUT2D eigenvalue weighted by molar-refractivity contribution is 6.01. The predicted octanol–water partition coefficient (Wildman–Crippen LogP) is 3.14. The lowest BCUT2D eigenvalue weighted by atomic mass is 9.96. The van der Waals surface area contributed by atoms with Crippen molar-refractivity contribution in [2.75, 3.05) is 26.3 Å². The highest BCUT2D eigenvalue weighted by atomic mass is 16.5. The molecular weight excluding hydrogens is 394 g/mol. The normalized spacial score (nSPS) is 18.0. The van der Waals surface area contributed by atoms with E-state index in [1.807, 2.05) is 61.5 Å². The zero-order valence-electron chi connectivity index (χ0n) is 17.6. The number of hydrogen-bond donors (Lipinski definition) is 2. The molecule has 0 aromatic heterocycles. The molecule has 1 unspecified atom stereocenters. The standard InChI is InChI=1S/C24H27N3O4/c1-2-30-14-6-13-27-15-20-21(23(27)28)22(26-24(29)25-20)18-9-11-19(12-10-18)31-16-17-7-4-3-5-8-17/h3-5,7-12,22H,2,6,13-16H2,1H3,(H2,25,26,29). The Hall–Kier alpha value is -3.32. The number of nitrogens with one attached hydrogen (secondary N) is 2. The van der Waals surface area contributed by atoms with Gasteiger partial charge in [-0.1, -0.05) is 42.5 Å². The molecule has 0 fully saturated rings. The zero-order chi connectivity index (χ0) is 21.6. The molecular formula is C24H27N3O4. The van der Waals surface area contributed by atoms with E-state index in [9.17, 15) is 9.59 Å². The van der Waals surface area contributed by atoms with Crippen molar-refractivity contribution in [1.82, 2.24) is 15.5 Å². The number of nitrogens with zero attached hydrogens (tertiary/aromatic N) is 1. The van der Waals surface area contributed by atoms with Gasteiger partial charge in [0.25, 0.3) is 5.91 Å². The molecule has 2 heterocycles. The Bertz CT molecular complexity index is 957. The van der Waals surface area contributed by atoms with Crippen LogP contribution in [0.1, 0.15) is 30.5 Å². The van der Waals surface area contributed by atoms with Gasteiger partial charge in [0.15, 0.2) is 0 Å². The largest absolute Gasteiger partial charge is 0.489 e. The zero-order valence-corrected chi connectivity index (χ0v) is 17.6. The fraction of sp³-hybridized carbons (Fsp3) is 0.333. The third-order valence-corrected chi connectivity index (χ3v) is 5.40. The van der Waals surface area contributed by atoms with Crippen molar-refractivity contribution in [1.29, 1.82) is 0 Å². The Kier molecular flexibility index (Phi) is 6.52. The van der Waals surface area contributed by atoms with Crippen molar-refractivity contribution in [2.24, 2.45) is 0 Å². The second-order valence-electron chi connectivity index (χ2n) is 7.54. The van der Waals surface area contributed by atoms with Crippen LogP contribution in [0.4, 0.5) is 4.79 Å².